The summed E-state index contributed by atoms with van der Waals surface area (Å²) in [6, 6.07) is 93.3. The van der Waals surface area contributed by atoms with Gasteiger partial charge < -0.3 is 4.90 Å². The summed E-state index contributed by atoms with van der Waals surface area (Å²) in [4.78, 5) is 46.9. The van der Waals surface area contributed by atoms with Crippen molar-refractivity contribution in [1.29, 1.82) is 5.26 Å². The zero-order chi connectivity index (χ0) is 54.8. The summed E-state index contributed by atoms with van der Waals surface area (Å²) in [7, 11) is 0. The van der Waals surface area contributed by atoms with Crippen molar-refractivity contribution >= 4 is 34.3 Å². The van der Waals surface area contributed by atoms with Gasteiger partial charge in [0.25, 0.3) is 0 Å². The van der Waals surface area contributed by atoms with Crippen LogP contribution in [-0.4, -0.2) is 39.9 Å². The molecular formula is C71H45N11. The number of rotatable bonds is 11. The molecule has 13 aromatic rings. The van der Waals surface area contributed by atoms with E-state index in [-0.39, 0.29) is 0 Å². The third-order valence-corrected chi connectivity index (χ3v) is 14.3. The SMILES string of the molecule is N#Cc1ccc(-c2cc(-c3nc(-c4ccccc4)nc(-c4ccccc4)n3)cc(-c3nc(-c4ccccc4)nc(-c4ccccc4)n3)c2N2c3ccccc3N(c3cc(-c4ccccc4)nc(-c4ccccc4)n3)c3ccccc32)cc1. The van der Waals surface area contributed by atoms with Crippen molar-refractivity contribution in [3.8, 4) is 108 Å². The molecule has 4 heterocycles. The summed E-state index contributed by atoms with van der Waals surface area (Å²) >= 11 is 0. The Kier molecular flexibility index (Phi) is 12.7. The van der Waals surface area contributed by atoms with Crippen LogP contribution in [0.4, 0.5) is 34.3 Å². The van der Waals surface area contributed by atoms with Crippen LogP contribution >= 0.6 is 0 Å². The van der Waals surface area contributed by atoms with Crippen molar-refractivity contribution in [3.63, 3.8) is 0 Å². The van der Waals surface area contributed by atoms with Crippen molar-refractivity contribution in [1.82, 2.24) is 39.9 Å². The largest absolute Gasteiger partial charge is 0.305 e. The molecule has 384 valence electrons. The van der Waals surface area contributed by atoms with Gasteiger partial charge in [-0.15, -0.1) is 0 Å². The molecule has 1 aliphatic heterocycles. The maximum absolute atomic E-state index is 10.2. The lowest BCUT2D eigenvalue weighted by Crippen LogP contribution is -2.25. The third-order valence-electron chi connectivity index (χ3n) is 14.3. The fourth-order valence-corrected chi connectivity index (χ4v) is 10.4. The number of hydrogen-bond donors (Lipinski definition) is 0. The topological polar surface area (TPSA) is 133 Å². The van der Waals surface area contributed by atoms with E-state index in [1.165, 1.54) is 0 Å². The second-order valence-corrected chi connectivity index (χ2v) is 19.5. The van der Waals surface area contributed by atoms with Gasteiger partial charge in [0, 0.05) is 56.1 Å². The first-order valence-corrected chi connectivity index (χ1v) is 26.8. The highest BCUT2D eigenvalue weighted by Crippen LogP contribution is 2.58. The van der Waals surface area contributed by atoms with E-state index in [1.54, 1.807) is 0 Å². The van der Waals surface area contributed by atoms with Gasteiger partial charge in [-0.1, -0.05) is 218 Å². The minimum absolute atomic E-state index is 0.410. The van der Waals surface area contributed by atoms with E-state index in [9.17, 15) is 5.26 Å². The number of anilines is 6. The molecule has 0 bridgehead atoms. The summed E-state index contributed by atoms with van der Waals surface area (Å²) in [5.74, 6) is 4.16. The van der Waals surface area contributed by atoms with Crippen LogP contribution in [0.3, 0.4) is 0 Å². The first kappa shape index (κ1) is 48.7. The molecule has 3 aromatic heterocycles. The summed E-state index contributed by atoms with van der Waals surface area (Å²) in [5.41, 5.74) is 13.6. The highest BCUT2D eigenvalue weighted by Gasteiger charge is 2.35. The fraction of sp³-hybridized carbons (Fsp3) is 0. The molecule has 0 amide bonds. The number of nitrogens with zero attached hydrogens (tertiary/aromatic N) is 11. The Balaban J connectivity index is 1.08. The van der Waals surface area contributed by atoms with Gasteiger partial charge in [-0.2, -0.15) is 5.26 Å². The summed E-state index contributed by atoms with van der Waals surface area (Å²) in [6.45, 7) is 0. The second-order valence-electron chi connectivity index (χ2n) is 19.5. The number of para-hydroxylation sites is 4. The summed E-state index contributed by atoms with van der Waals surface area (Å²) in [5, 5.41) is 10.2. The zero-order valence-corrected chi connectivity index (χ0v) is 43.9. The van der Waals surface area contributed by atoms with Gasteiger partial charge in [0.05, 0.1) is 45.8 Å². The molecule has 0 fully saturated rings. The molecule has 0 radical (unpaired) electrons. The molecule has 82 heavy (non-hydrogen) atoms. The molecule has 11 heteroatoms. The lowest BCUT2D eigenvalue weighted by atomic mass is 9.92. The maximum Gasteiger partial charge on any atom is 0.166 e. The van der Waals surface area contributed by atoms with E-state index >= 15 is 0 Å². The van der Waals surface area contributed by atoms with Crippen LogP contribution in [0.2, 0.25) is 0 Å². The van der Waals surface area contributed by atoms with E-state index < -0.39 is 0 Å². The number of hydrogen-bond acceptors (Lipinski definition) is 11. The monoisotopic (exact) mass is 1050 g/mol. The highest BCUT2D eigenvalue weighted by atomic mass is 15.3. The van der Waals surface area contributed by atoms with E-state index in [4.69, 9.17) is 39.9 Å². The molecule has 11 nitrogen and oxygen atoms in total. The first-order valence-electron chi connectivity index (χ1n) is 26.8. The smallest absolute Gasteiger partial charge is 0.166 e. The van der Waals surface area contributed by atoms with Gasteiger partial charge in [-0.05, 0) is 54.1 Å². The van der Waals surface area contributed by atoms with Crippen molar-refractivity contribution in [2.45, 2.75) is 0 Å². The molecule has 14 rings (SSSR count). The number of fused-ring (bicyclic) bond motifs is 2. The van der Waals surface area contributed by atoms with Crippen molar-refractivity contribution < 1.29 is 0 Å². The van der Waals surface area contributed by atoms with Gasteiger partial charge in [-0.3, -0.25) is 4.90 Å². The summed E-state index contributed by atoms with van der Waals surface area (Å²) in [6.07, 6.45) is 0. The predicted molar refractivity (Wildman–Crippen MR) is 325 cm³/mol. The Hall–Kier alpha value is -11.6. The van der Waals surface area contributed by atoms with Crippen LogP contribution in [0.5, 0.6) is 0 Å². The quantitative estimate of drug-likeness (QED) is 0.123. The molecule has 0 spiro atoms. The predicted octanol–water partition coefficient (Wildman–Crippen LogP) is 17.0. The van der Waals surface area contributed by atoms with Crippen LogP contribution in [0.1, 0.15) is 5.56 Å². The fourth-order valence-electron chi connectivity index (χ4n) is 10.4. The Morgan fingerprint density at radius 3 is 0.988 bits per heavy atom. The molecule has 0 unspecified atom stereocenters. The second kappa shape index (κ2) is 21.3. The van der Waals surface area contributed by atoms with Crippen LogP contribution in [-0.2, 0) is 0 Å². The van der Waals surface area contributed by atoms with E-state index in [2.05, 4.69) is 94.7 Å². The number of aromatic nitrogens is 8. The van der Waals surface area contributed by atoms with Gasteiger partial charge >= 0.3 is 0 Å². The molecule has 0 N–H and O–H groups in total. The van der Waals surface area contributed by atoms with Crippen LogP contribution in [0.25, 0.3) is 102 Å². The molecule has 0 atom stereocenters. The Morgan fingerprint density at radius 1 is 0.256 bits per heavy atom. The average Bonchev–Trinajstić information content (AvgIpc) is 3.64. The van der Waals surface area contributed by atoms with Gasteiger partial charge in [0.15, 0.2) is 40.8 Å². The first-order chi connectivity index (χ1) is 40.6. The van der Waals surface area contributed by atoms with E-state index in [0.29, 0.717) is 63.3 Å². The lowest BCUT2D eigenvalue weighted by molar-refractivity contribution is 1.06. The molecule has 0 aliphatic carbocycles. The molecule has 1 aliphatic rings. The van der Waals surface area contributed by atoms with Gasteiger partial charge in [-0.25, -0.2) is 39.9 Å². The molecule has 10 aromatic carbocycles. The minimum Gasteiger partial charge on any atom is -0.305 e. The van der Waals surface area contributed by atoms with Gasteiger partial charge in [0.1, 0.15) is 5.82 Å². The van der Waals surface area contributed by atoms with E-state index in [1.807, 2.05) is 194 Å². The normalized spacial score (nSPS) is 11.6. The van der Waals surface area contributed by atoms with Crippen molar-refractivity contribution in [3.05, 3.63) is 279 Å². The summed E-state index contributed by atoms with van der Waals surface area (Å²) < 4.78 is 0. The van der Waals surface area contributed by atoms with Crippen LogP contribution < -0.4 is 9.80 Å². The number of nitriles is 1. The van der Waals surface area contributed by atoms with Crippen molar-refractivity contribution in [2.75, 3.05) is 9.80 Å². The Bertz CT molecular complexity index is 4280. The lowest BCUT2D eigenvalue weighted by Gasteiger charge is -2.41. The highest BCUT2D eigenvalue weighted by molar-refractivity contribution is 6.07. The van der Waals surface area contributed by atoms with Crippen molar-refractivity contribution in [2.24, 2.45) is 0 Å². The standard InChI is InChI=1S/C71H45N11/c72-46-47-39-41-48(42-40-47)56-43-55(70-77-66(51-27-11-3-12-28-51)75-67(78-70)52-29-13-4-14-30-52)44-57(71-79-68(53-31-15-5-16-32-53)76-69(80-71)54-33-17-6-18-34-54)64(56)82-61-37-21-19-35-59(61)81(60-36-20-22-38-62(60)82)63-45-58(49-23-7-1-8-24-49)73-65(74-63)50-25-9-2-10-26-50/h1-45H. The van der Waals surface area contributed by atoms with E-state index in [0.717, 1.165) is 78.6 Å². The minimum atomic E-state index is 0.410. The molecular weight excluding hydrogens is 1010 g/mol. The number of benzene rings is 10. The Morgan fingerprint density at radius 2 is 0.585 bits per heavy atom. The van der Waals surface area contributed by atoms with Crippen LogP contribution in [0, 0.1) is 11.3 Å². The molecule has 0 saturated heterocycles. The zero-order valence-electron chi connectivity index (χ0n) is 43.9. The van der Waals surface area contributed by atoms with Crippen LogP contribution in [0.15, 0.2) is 273 Å². The van der Waals surface area contributed by atoms with Gasteiger partial charge in [0.2, 0.25) is 0 Å². The maximum atomic E-state index is 10.2. The third kappa shape index (κ3) is 9.34. The molecule has 0 saturated carbocycles. The Labute approximate surface area is 473 Å². The average molecular weight is 1050 g/mol.